The second-order valence-corrected chi connectivity index (χ2v) is 6.84. The minimum absolute atomic E-state index is 0.238. The maximum absolute atomic E-state index is 12.1. The monoisotopic (exact) mass is 307 g/mol. The lowest BCUT2D eigenvalue weighted by Gasteiger charge is -2.16. The smallest absolute Gasteiger partial charge is 0.241 e. The summed E-state index contributed by atoms with van der Waals surface area (Å²) in [6, 6.07) is 1.59. The van der Waals surface area contributed by atoms with Crippen LogP contribution in [0.5, 0.6) is 0 Å². The molecule has 110 valence electrons. The first-order valence-corrected chi connectivity index (χ1v) is 8.31. The quantitative estimate of drug-likeness (QED) is 0.674. The van der Waals surface area contributed by atoms with Crippen molar-refractivity contribution >= 4 is 21.4 Å². The highest BCUT2D eigenvalue weighted by atomic mass is 32.2. The summed E-state index contributed by atoms with van der Waals surface area (Å²) >= 11 is 1.36. The zero-order valence-electron chi connectivity index (χ0n) is 11.3. The molecule has 0 bridgehead atoms. The predicted octanol–water partition coefficient (Wildman–Crippen LogP) is 0.0633. The summed E-state index contributed by atoms with van der Waals surface area (Å²) in [6.45, 7) is 2.63. The number of thiophene rings is 1. The van der Waals surface area contributed by atoms with Gasteiger partial charge in [-0.25, -0.2) is 13.1 Å². The van der Waals surface area contributed by atoms with E-state index in [0.29, 0.717) is 29.5 Å². The Kier molecular flexibility index (Phi) is 6.90. The molecule has 6 nitrogen and oxygen atoms in total. The van der Waals surface area contributed by atoms with E-state index in [0.717, 1.165) is 6.54 Å². The van der Waals surface area contributed by atoms with E-state index in [2.05, 4.69) is 4.72 Å². The fraction of sp³-hybridized carbons (Fsp3) is 0.636. The van der Waals surface area contributed by atoms with Crippen LogP contribution in [0.25, 0.3) is 0 Å². The first-order chi connectivity index (χ1) is 9.01. The van der Waals surface area contributed by atoms with Crippen molar-refractivity contribution in [2.75, 3.05) is 40.4 Å². The number of hydrogen-bond acceptors (Lipinski definition) is 6. The lowest BCUT2D eigenvalue weighted by molar-refractivity contribution is 0.162. The van der Waals surface area contributed by atoms with Crippen LogP contribution in [0.2, 0.25) is 0 Å². The number of sulfonamides is 1. The maximum atomic E-state index is 12.1. The number of nitrogens with zero attached hydrogens (tertiary/aromatic N) is 1. The molecule has 0 unspecified atom stereocenters. The molecule has 0 aromatic carbocycles. The molecular weight excluding hydrogens is 286 g/mol. The van der Waals surface area contributed by atoms with E-state index < -0.39 is 10.0 Å². The second-order valence-electron chi connectivity index (χ2n) is 4.11. The Morgan fingerprint density at radius 2 is 2.21 bits per heavy atom. The van der Waals surface area contributed by atoms with Gasteiger partial charge in [-0.1, -0.05) is 0 Å². The van der Waals surface area contributed by atoms with Crippen molar-refractivity contribution in [2.24, 2.45) is 5.73 Å². The Morgan fingerprint density at radius 3 is 2.84 bits per heavy atom. The molecule has 0 saturated carbocycles. The largest absolute Gasteiger partial charge is 0.383 e. The SMILES string of the molecule is COCCN(C)CCNS(=O)(=O)c1ccsc1CN. The van der Waals surface area contributed by atoms with Crippen LogP contribution >= 0.6 is 11.3 Å². The van der Waals surface area contributed by atoms with Crippen molar-refractivity contribution in [3.63, 3.8) is 0 Å². The molecule has 3 N–H and O–H groups in total. The number of likely N-dealkylation sites (N-methyl/N-ethyl adjacent to an activating group) is 1. The van der Waals surface area contributed by atoms with Gasteiger partial charge in [-0.3, -0.25) is 0 Å². The summed E-state index contributed by atoms with van der Waals surface area (Å²) < 4.78 is 31.7. The Bertz CT molecular complexity index is 473. The molecule has 0 radical (unpaired) electrons. The molecule has 0 aliphatic rings. The van der Waals surface area contributed by atoms with E-state index in [9.17, 15) is 8.42 Å². The highest BCUT2D eigenvalue weighted by molar-refractivity contribution is 7.89. The van der Waals surface area contributed by atoms with Crippen LogP contribution < -0.4 is 10.5 Å². The number of rotatable bonds is 9. The van der Waals surface area contributed by atoms with Gasteiger partial charge in [-0.15, -0.1) is 11.3 Å². The van der Waals surface area contributed by atoms with Gasteiger partial charge in [0, 0.05) is 38.2 Å². The third-order valence-corrected chi connectivity index (χ3v) is 5.26. The van der Waals surface area contributed by atoms with Crippen molar-refractivity contribution in [3.05, 3.63) is 16.3 Å². The molecule has 1 rings (SSSR count). The van der Waals surface area contributed by atoms with Crippen LogP contribution in [0.15, 0.2) is 16.3 Å². The van der Waals surface area contributed by atoms with Gasteiger partial charge >= 0.3 is 0 Å². The van der Waals surface area contributed by atoms with Gasteiger partial charge in [-0.2, -0.15) is 0 Å². The van der Waals surface area contributed by atoms with Crippen LogP contribution in [0.4, 0.5) is 0 Å². The number of methoxy groups -OCH3 is 1. The molecule has 0 fully saturated rings. The average Bonchev–Trinajstić information content (AvgIpc) is 2.85. The van der Waals surface area contributed by atoms with Crippen LogP contribution in [0.3, 0.4) is 0 Å². The predicted molar refractivity (Wildman–Crippen MR) is 76.8 cm³/mol. The summed E-state index contributed by atoms with van der Waals surface area (Å²) in [5.74, 6) is 0. The molecule has 19 heavy (non-hydrogen) atoms. The fourth-order valence-corrected chi connectivity index (χ4v) is 3.88. The molecule has 1 heterocycles. The van der Waals surface area contributed by atoms with Crippen molar-refractivity contribution in [3.8, 4) is 0 Å². The van der Waals surface area contributed by atoms with Crippen LogP contribution in [0, 0.1) is 0 Å². The summed E-state index contributed by atoms with van der Waals surface area (Å²) in [4.78, 5) is 2.98. The number of hydrogen-bond donors (Lipinski definition) is 2. The van der Waals surface area contributed by atoms with E-state index in [1.165, 1.54) is 11.3 Å². The van der Waals surface area contributed by atoms with Gasteiger partial charge in [0.05, 0.1) is 11.5 Å². The number of nitrogens with one attached hydrogen (secondary N) is 1. The zero-order valence-corrected chi connectivity index (χ0v) is 12.9. The molecule has 8 heteroatoms. The first kappa shape index (κ1) is 16.5. The summed E-state index contributed by atoms with van der Waals surface area (Å²) in [5, 5.41) is 1.74. The third-order valence-electron chi connectivity index (χ3n) is 2.64. The molecule has 1 aromatic rings. The highest BCUT2D eigenvalue weighted by Crippen LogP contribution is 2.20. The summed E-state index contributed by atoms with van der Waals surface area (Å²) in [7, 11) is 0.107. The molecule has 0 atom stereocenters. The van der Waals surface area contributed by atoms with Gasteiger partial charge < -0.3 is 15.4 Å². The van der Waals surface area contributed by atoms with E-state index in [1.54, 1.807) is 18.6 Å². The van der Waals surface area contributed by atoms with Crippen molar-refractivity contribution in [1.29, 1.82) is 0 Å². The van der Waals surface area contributed by atoms with Crippen LogP contribution in [-0.2, 0) is 21.3 Å². The normalized spacial score (nSPS) is 12.2. The minimum atomic E-state index is -3.45. The standard InChI is InChI=1S/C11H21N3O3S2/c1-14(6-7-17-2)5-4-13-19(15,16)11-3-8-18-10(11)9-12/h3,8,13H,4-7,9,12H2,1-2H3. The lowest BCUT2D eigenvalue weighted by atomic mass is 10.5. The van der Waals surface area contributed by atoms with E-state index in [4.69, 9.17) is 10.5 Å². The van der Waals surface area contributed by atoms with Gasteiger partial charge in [0.25, 0.3) is 0 Å². The van der Waals surface area contributed by atoms with Crippen molar-refractivity contribution < 1.29 is 13.2 Å². The molecule has 0 aliphatic carbocycles. The van der Waals surface area contributed by atoms with Gasteiger partial charge in [-0.05, 0) is 18.5 Å². The van der Waals surface area contributed by atoms with E-state index in [-0.39, 0.29) is 6.54 Å². The van der Waals surface area contributed by atoms with E-state index >= 15 is 0 Å². The van der Waals surface area contributed by atoms with Gasteiger partial charge in [0.1, 0.15) is 0 Å². The van der Waals surface area contributed by atoms with Gasteiger partial charge in [0.15, 0.2) is 0 Å². The maximum Gasteiger partial charge on any atom is 0.241 e. The van der Waals surface area contributed by atoms with Crippen molar-refractivity contribution in [1.82, 2.24) is 9.62 Å². The topological polar surface area (TPSA) is 84.7 Å². The summed E-state index contributed by atoms with van der Waals surface area (Å²) in [5.41, 5.74) is 5.52. The first-order valence-electron chi connectivity index (χ1n) is 5.95. The third kappa shape index (κ3) is 5.17. The molecule has 0 spiro atoms. The molecule has 0 amide bonds. The molecular formula is C11H21N3O3S2. The fourth-order valence-electron chi connectivity index (χ4n) is 1.52. The minimum Gasteiger partial charge on any atom is -0.383 e. The zero-order chi connectivity index (χ0) is 14.3. The molecule has 0 saturated heterocycles. The second kappa shape index (κ2) is 7.93. The average molecular weight is 307 g/mol. The Labute approximate surface area is 118 Å². The molecule has 1 aromatic heterocycles. The highest BCUT2D eigenvalue weighted by Gasteiger charge is 2.18. The Morgan fingerprint density at radius 1 is 1.47 bits per heavy atom. The number of ether oxygens (including phenoxy) is 1. The van der Waals surface area contributed by atoms with Gasteiger partial charge in [0.2, 0.25) is 10.0 Å². The Hall–Kier alpha value is -0.510. The van der Waals surface area contributed by atoms with Crippen LogP contribution in [-0.4, -0.2) is 53.7 Å². The Balaban J connectivity index is 2.48. The lowest BCUT2D eigenvalue weighted by Crippen LogP contribution is -2.34. The van der Waals surface area contributed by atoms with Crippen LogP contribution in [0.1, 0.15) is 4.88 Å². The van der Waals surface area contributed by atoms with E-state index in [1.807, 2.05) is 11.9 Å². The summed E-state index contributed by atoms with van der Waals surface area (Å²) in [6.07, 6.45) is 0. The number of nitrogens with two attached hydrogens (primary N) is 1. The van der Waals surface area contributed by atoms with Crippen molar-refractivity contribution in [2.45, 2.75) is 11.4 Å². The molecule has 0 aliphatic heterocycles.